The van der Waals surface area contributed by atoms with Crippen molar-refractivity contribution in [2.75, 3.05) is 0 Å². The van der Waals surface area contributed by atoms with Crippen LogP contribution in [0, 0.1) is 34.5 Å². The summed E-state index contributed by atoms with van der Waals surface area (Å²) in [7, 11) is 0. The SMILES string of the molecule is CCCCC(c1ccc2c(c1O)C(O)=C1C(=O)[C@@]3(O)C(O)=C(C(C)=O)C(=O)C(C(C)C)[C@@]3(C)[C@H](O)[C@@]1(C)[C@@H]2C)C1CCC(C)CC1. The second kappa shape index (κ2) is 11.6. The first-order chi connectivity index (χ1) is 21.4. The van der Waals surface area contributed by atoms with Crippen molar-refractivity contribution in [1.82, 2.24) is 0 Å². The number of benzene rings is 1. The molecule has 5 rings (SSSR count). The summed E-state index contributed by atoms with van der Waals surface area (Å²) in [5.41, 5.74) is -5.99. The first-order valence-corrected chi connectivity index (χ1v) is 17.2. The molecular formula is C38H52O8. The number of phenolic OH excluding ortho intramolecular Hbond substituents is 1. The lowest BCUT2D eigenvalue weighted by atomic mass is 9.40. The van der Waals surface area contributed by atoms with Crippen molar-refractivity contribution in [3.8, 4) is 5.75 Å². The highest BCUT2D eigenvalue weighted by molar-refractivity contribution is 6.24. The number of aliphatic hydroxyl groups excluding tert-OH is 3. The Bertz CT molecular complexity index is 1530. The highest BCUT2D eigenvalue weighted by Gasteiger charge is 2.77. The van der Waals surface area contributed by atoms with Crippen LogP contribution < -0.4 is 0 Å². The number of Topliss-reactive ketones (excluding diaryl/α,β-unsaturated/α-hetero) is 3. The van der Waals surface area contributed by atoms with Crippen LogP contribution in [0.3, 0.4) is 0 Å². The summed E-state index contributed by atoms with van der Waals surface area (Å²) < 4.78 is 0. The van der Waals surface area contributed by atoms with Crippen LogP contribution in [-0.2, 0) is 14.4 Å². The predicted octanol–water partition coefficient (Wildman–Crippen LogP) is 6.82. The van der Waals surface area contributed by atoms with Gasteiger partial charge >= 0.3 is 0 Å². The molecule has 1 aromatic rings. The molecule has 2 fully saturated rings. The molecule has 0 aliphatic heterocycles. The molecule has 0 bridgehead atoms. The number of rotatable bonds is 7. The summed E-state index contributed by atoms with van der Waals surface area (Å²) in [6.07, 6.45) is 5.55. The molecule has 0 heterocycles. The molecular weight excluding hydrogens is 584 g/mol. The largest absolute Gasteiger partial charge is 0.508 e. The maximum Gasteiger partial charge on any atom is 0.203 e. The number of hydrogen-bond donors (Lipinski definition) is 5. The first kappa shape index (κ1) is 34.4. The highest BCUT2D eigenvalue weighted by Crippen LogP contribution is 2.68. The number of hydrogen-bond acceptors (Lipinski definition) is 8. The van der Waals surface area contributed by atoms with Gasteiger partial charge in [-0.1, -0.05) is 86.3 Å². The lowest BCUT2D eigenvalue weighted by Crippen LogP contribution is -2.75. The molecule has 0 spiro atoms. The summed E-state index contributed by atoms with van der Waals surface area (Å²) in [5.74, 6) is -5.69. The minimum absolute atomic E-state index is 0.0561. The molecule has 4 aliphatic carbocycles. The molecule has 1 aromatic carbocycles. The molecule has 2 unspecified atom stereocenters. The Morgan fingerprint density at radius 1 is 1.02 bits per heavy atom. The molecule has 5 N–H and O–H groups in total. The summed E-state index contributed by atoms with van der Waals surface area (Å²) in [5, 5.41) is 60.3. The van der Waals surface area contributed by atoms with Crippen LogP contribution in [0.4, 0.5) is 0 Å². The van der Waals surface area contributed by atoms with Crippen molar-refractivity contribution in [2.24, 2.45) is 34.5 Å². The monoisotopic (exact) mass is 636 g/mol. The predicted molar refractivity (Wildman–Crippen MR) is 175 cm³/mol. The zero-order chi connectivity index (χ0) is 34.3. The van der Waals surface area contributed by atoms with E-state index in [0.717, 1.165) is 51.9 Å². The van der Waals surface area contributed by atoms with Crippen molar-refractivity contribution >= 4 is 23.1 Å². The maximum atomic E-state index is 14.8. The second-order valence-corrected chi connectivity index (χ2v) is 15.6. The molecule has 0 radical (unpaired) electrons. The van der Waals surface area contributed by atoms with E-state index in [1.165, 1.54) is 6.92 Å². The lowest BCUT2D eigenvalue weighted by molar-refractivity contribution is -0.215. The van der Waals surface area contributed by atoms with Gasteiger partial charge in [-0.15, -0.1) is 0 Å². The van der Waals surface area contributed by atoms with Gasteiger partial charge in [-0.3, -0.25) is 14.4 Å². The van der Waals surface area contributed by atoms with Gasteiger partial charge in [-0.05, 0) is 66.9 Å². The average molecular weight is 637 g/mol. The van der Waals surface area contributed by atoms with Gasteiger partial charge in [0, 0.05) is 16.7 Å². The quantitative estimate of drug-likeness (QED) is 0.204. The number of fused-ring (bicyclic) bond motifs is 3. The number of unbranched alkanes of at least 4 members (excludes halogenated alkanes) is 1. The van der Waals surface area contributed by atoms with E-state index < -0.39 is 74.7 Å². The van der Waals surface area contributed by atoms with Gasteiger partial charge in [0.15, 0.2) is 17.2 Å². The fourth-order valence-electron chi connectivity index (χ4n) is 10.00. The van der Waals surface area contributed by atoms with E-state index in [4.69, 9.17) is 0 Å². The highest BCUT2D eigenvalue weighted by atomic mass is 16.4. The Hall–Kier alpha value is -2.97. The lowest BCUT2D eigenvalue weighted by Gasteiger charge is -2.63. The van der Waals surface area contributed by atoms with Gasteiger partial charge in [0.1, 0.15) is 22.8 Å². The fourth-order valence-corrected chi connectivity index (χ4v) is 10.00. The van der Waals surface area contributed by atoms with E-state index in [1.54, 1.807) is 27.7 Å². The van der Waals surface area contributed by atoms with Crippen LogP contribution in [0.1, 0.15) is 129 Å². The minimum Gasteiger partial charge on any atom is -0.508 e. The Kier molecular flexibility index (Phi) is 8.68. The molecule has 2 saturated carbocycles. The number of aromatic hydroxyl groups is 1. The summed E-state index contributed by atoms with van der Waals surface area (Å²) in [6, 6.07) is 3.80. The third-order valence-electron chi connectivity index (χ3n) is 12.8. The van der Waals surface area contributed by atoms with E-state index >= 15 is 0 Å². The number of aliphatic hydroxyl groups is 4. The summed E-state index contributed by atoms with van der Waals surface area (Å²) >= 11 is 0. The third kappa shape index (κ3) is 4.34. The standard InChI is InChI=1S/C38H52O8/c1-9-10-11-24(22-14-12-19(4)13-15-22)25-17-16-23-20(5)36(7)29(32(42)27(23)30(25)40)34(44)38(46)33(43)26(21(6)39)31(41)28(18(2)3)37(38,8)35(36)45/h16-20,22,24,28,35,40,42-43,45-46H,9-15H2,1-8H3/t19?,20-,22?,24?,28?,35-,36+,37+,38+/m1/s1. The van der Waals surface area contributed by atoms with E-state index in [0.29, 0.717) is 23.0 Å². The van der Waals surface area contributed by atoms with Gasteiger partial charge in [-0.25, -0.2) is 0 Å². The van der Waals surface area contributed by atoms with Gasteiger partial charge in [0.05, 0.1) is 17.2 Å². The van der Waals surface area contributed by atoms with Gasteiger partial charge in [0.25, 0.3) is 0 Å². The third-order valence-corrected chi connectivity index (χ3v) is 12.8. The van der Waals surface area contributed by atoms with Crippen LogP contribution in [0.15, 0.2) is 29.0 Å². The van der Waals surface area contributed by atoms with Gasteiger partial charge in [-0.2, -0.15) is 0 Å². The molecule has 252 valence electrons. The zero-order valence-corrected chi connectivity index (χ0v) is 28.6. The minimum atomic E-state index is -2.88. The van der Waals surface area contributed by atoms with Crippen LogP contribution in [0.2, 0.25) is 0 Å². The number of allylic oxidation sites excluding steroid dienone is 1. The Labute approximate surface area is 272 Å². The van der Waals surface area contributed by atoms with Gasteiger partial charge in [0.2, 0.25) is 5.78 Å². The van der Waals surface area contributed by atoms with E-state index in [1.807, 2.05) is 12.1 Å². The summed E-state index contributed by atoms with van der Waals surface area (Å²) in [4.78, 5) is 41.2. The Morgan fingerprint density at radius 2 is 1.63 bits per heavy atom. The Balaban J connectivity index is 1.77. The van der Waals surface area contributed by atoms with Crippen LogP contribution in [0.25, 0.3) is 5.76 Å². The number of phenols is 1. The van der Waals surface area contributed by atoms with E-state index in [-0.39, 0.29) is 22.8 Å². The maximum absolute atomic E-state index is 14.8. The van der Waals surface area contributed by atoms with Crippen molar-refractivity contribution in [2.45, 2.75) is 124 Å². The molecule has 46 heavy (non-hydrogen) atoms. The molecule has 7 atom stereocenters. The van der Waals surface area contributed by atoms with Crippen LogP contribution in [0.5, 0.6) is 5.75 Å². The second-order valence-electron chi connectivity index (χ2n) is 15.6. The molecule has 0 aromatic heterocycles. The van der Waals surface area contributed by atoms with Crippen molar-refractivity contribution in [3.63, 3.8) is 0 Å². The number of carbonyl (C=O) groups is 3. The molecule has 4 aliphatic rings. The average Bonchev–Trinajstić information content (AvgIpc) is 2.98. The first-order valence-electron chi connectivity index (χ1n) is 17.2. The fraction of sp³-hybridized carbons (Fsp3) is 0.658. The summed E-state index contributed by atoms with van der Waals surface area (Å²) in [6.45, 7) is 13.7. The molecule has 8 heteroatoms. The molecule has 0 amide bonds. The number of carbonyl (C=O) groups excluding carboxylic acids is 3. The number of ketones is 3. The van der Waals surface area contributed by atoms with Crippen molar-refractivity contribution in [1.29, 1.82) is 0 Å². The Morgan fingerprint density at radius 3 is 2.17 bits per heavy atom. The zero-order valence-electron chi connectivity index (χ0n) is 28.6. The topological polar surface area (TPSA) is 152 Å². The smallest absolute Gasteiger partial charge is 0.203 e. The van der Waals surface area contributed by atoms with E-state index in [2.05, 4.69) is 13.8 Å². The molecule has 8 nitrogen and oxygen atoms in total. The van der Waals surface area contributed by atoms with Crippen molar-refractivity contribution < 1.29 is 39.9 Å². The molecule has 0 saturated heterocycles. The van der Waals surface area contributed by atoms with E-state index in [9.17, 15) is 39.9 Å². The van der Waals surface area contributed by atoms with Crippen molar-refractivity contribution in [3.05, 3.63) is 45.7 Å². The van der Waals surface area contributed by atoms with Crippen LogP contribution >= 0.6 is 0 Å². The van der Waals surface area contributed by atoms with Gasteiger partial charge < -0.3 is 25.5 Å². The van der Waals surface area contributed by atoms with Crippen LogP contribution in [-0.4, -0.2) is 54.6 Å². The normalized spacial score (nSPS) is 36.8.